The number of hydrogen-bond donors (Lipinski definition) is 0. The van der Waals surface area contributed by atoms with Gasteiger partial charge in [-0.15, -0.1) is 0 Å². The molecule has 0 heterocycles. The molecule has 0 saturated carbocycles. The number of esters is 1. The highest BCUT2D eigenvalue weighted by atomic mass is 16.5. The van der Waals surface area contributed by atoms with Crippen LogP contribution in [0.3, 0.4) is 0 Å². The first-order valence-corrected chi connectivity index (χ1v) is 9.35. The molecule has 0 atom stereocenters. The molecule has 0 N–H and O–H groups in total. The van der Waals surface area contributed by atoms with Gasteiger partial charge in [-0.25, -0.2) is 4.79 Å². The van der Waals surface area contributed by atoms with Crippen molar-refractivity contribution in [1.29, 1.82) is 0 Å². The van der Waals surface area contributed by atoms with Crippen molar-refractivity contribution in [3.8, 4) is 0 Å². The fourth-order valence-electron chi connectivity index (χ4n) is 2.36. The van der Waals surface area contributed by atoms with Crippen molar-refractivity contribution in [3.05, 3.63) is 70.8 Å². The molecule has 0 bridgehead atoms. The van der Waals surface area contributed by atoms with Gasteiger partial charge in [-0.3, -0.25) is 0 Å². The molecule has 0 aliphatic heterocycles. The number of benzene rings is 1. The molecule has 1 aromatic carbocycles. The normalized spacial score (nSPS) is 12.3. The summed E-state index contributed by atoms with van der Waals surface area (Å²) in [7, 11) is 0. The van der Waals surface area contributed by atoms with E-state index in [0.717, 1.165) is 36.0 Å². The Bertz CT molecular complexity index is 681. The lowest BCUT2D eigenvalue weighted by molar-refractivity contribution is -0.137. The molecular formula is C24H32O2. The smallest absolute Gasteiger partial charge is 0.331 e. The third-order valence-electron chi connectivity index (χ3n) is 3.91. The van der Waals surface area contributed by atoms with Gasteiger partial charge in [0.1, 0.15) is 0 Å². The van der Waals surface area contributed by atoms with E-state index in [9.17, 15) is 4.79 Å². The first-order valence-electron chi connectivity index (χ1n) is 9.35. The van der Waals surface area contributed by atoms with Crippen molar-refractivity contribution in [1.82, 2.24) is 0 Å². The Balaban J connectivity index is 2.62. The van der Waals surface area contributed by atoms with Crippen LogP contribution in [0.1, 0.15) is 65.0 Å². The van der Waals surface area contributed by atoms with Gasteiger partial charge in [-0.1, -0.05) is 66.6 Å². The van der Waals surface area contributed by atoms with Crippen molar-refractivity contribution >= 4 is 17.6 Å². The Morgan fingerprint density at radius 1 is 1.08 bits per heavy atom. The molecule has 0 aromatic heterocycles. The lowest BCUT2D eigenvalue weighted by Crippen LogP contribution is -2.02. The van der Waals surface area contributed by atoms with Crippen molar-refractivity contribution in [2.24, 2.45) is 0 Å². The molecular weight excluding hydrogens is 320 g/mol. The number of rotatable bonds is 9. The summed E-state index contributed by atoms with van der Waals surface area (Å²) < 4.78 is 5.09. The fraction of sp³-hybridized carbons (Fsp3) is 0.375. The zero-order chi connectivity index (χ0) is 19.4. The molecule has 1 aromatic rings. The van der Waals surface area contributed by atoms with Crippen molar-refractivity contribution < 1.29 is 9.53 Å². The minimum atomic E-state index is -0.276. The van der Waals surface area contributed by atoms with Gasteiger partial charge < -0.3 is 4.74 Å². The number of ether oxygens (including phenoxy) is 1. The van der Waals surface area contributed by atoms with Crippen LogP contribution in [0, 0.1) is 0 Å². The van der Waals surface area contributed by atoms with E-state index in [0.29, 0.717) is 6.61 Å². The van der Waals surface area contributed by atoms with Crippen molar-refractivity contribution in [3.63, 3.8) is 0 Å². The van der Waals surface area contributed by atoms with Gasteiger partial charge in [0.25, 0.3) is 0 Å². The molecule has 0 unspecified atom stereocenters. The lowest BCUT2D eigenvalue weighted by atomic mass is 10.0. The third-order valence-corrected chi connectivity index (χ3v) is 3.91. The van der Waals surface area contributed by atoms with Crippen molar-refractivity contribution in [2.75, 3.05) is 6.61 Å². The minimum absolute atomic E-state index is 0.276. The average molecular weight is 353 g/mol. The maximum Gasteiger partial charge on any atom is 0.331 e. The molecule has 1 rings (SSSR count). The summed E-state index contributed by atoms with van der Waals surface area (Å²) in [5.74, 6) is -0.276. The molecule has 140 valence electrons. The zero-order valence-electron chi connectivity index (χ0n) is 16.8. The second kappa shape index (κ2) is 12.1. The summed E-state index contributed by atoms with van der Waals surface area (Å²) in [4.78, 5) is 11.7. The number of carbonyl (C=O) groups excluding carboxylic acids is 1. The van der Waals surface area contributed by atoms with Gasteiger partial charge in [0.05, 0.1) is 6.61 Å². The molecule has 0 fully saturated rings. The average Bonchev–Trinajstić information content (AvgIpc) is 2.60. The second-order valence-electron chi connectivity index (χ2n) is 6.81. The molecule has 0 saturated heterocycles. The van der Waals surface area contributed by atoms with E-state index in [1.807, 2.05) is 26.0 Å². The van der Waals surface area contributed by atoms with E-state index < -0.39 is 0 Å². The number of allylic oxidation sites excluding steroid dienone is 6. The maximum absolute atomic E-state index is 11.7. The maximum atomic E-state index is 11.7. The standard InChI is InChI=1S/C24H32O2/c1-6-17-26-24(25)18-21(5)23-15-13-22(14-16-23)12-8-11-20(4)10-7-9-19(2)3/h8-9,11-16,18H,6-7,10,17H2,1-5H3. The topological polar surface area (TPSA) is 26.3 Å². The second-order valence-corrected chi connectivity index (χ2v) is 6.81. The van der Waals surface area contributed by atoms with Crippen molar-refractivity contribution in [2.45, 2.75) is 53.9 Å². The van der Waals surface area contributed by atoms with Crippen LogP contribution in [0.5, 0.6) is 0 Å². The van der Waals surface area contributed by atoms with Gasteiger partial charge in [-0.2, -0.15) is 0 Å². The Labute approximate surface area is 159 Å². The van der Waals surface area contributed by atoms with Crippen LogP contribution in [0.2, 0.25) is 0 Å². The molecule has 0 amide bonds. The SMILES string of the molecule is CCCOC(=O)C=C(C)c1ccc(C=CC=C(C)CCC=C(C)C)cc1. The van der Waals surface area contributed by atoms with Crippen LogP contribution in [-0.2, 0) is 9.53 Å². The molecule has 26 heavy (non-hydrogen) atoms. The molecule has 0 spiro atoms. The summed E-state index contributed by atoms with van der Waals surface area (Å²) >= 11 is 0. The largest absolute Gasteiger partial charge is 0.463 e. The third kappa shape index (κ3) is 9.22. The van der Waals surface area contributed by atoms with Gasteiger partial charge in [0.2, 0.25) is 0 Å². The van der Waals surface area contributed by atoms with E-state index in [4.69, 9.17) is 4.74 Å². The van der Waals surface area contributed by atoms with E-state index in [1.54, 1.807) is 6.08 Å². The summed E-state index contributed by atoms with van der Waals surface area (Å²) in [6.45, 7) is 10.8. The summed E-state index contributed by atoms with van der Waals surface area (Å²) in [6.07, 6.45) is 13.2. The Morgan fingerprint density at radius 2 is 1.77 bits per heavy atom. The van der Waals surface area contributed by atoms with Crippen LogP contribution < -0.4 is 0 Å². The Morgan fingerprint density at radius 3 is 2.38 bits per heavy atom. The molecule has 0 aliphatic carbocycles. The van der Waals surface area contributed by atoms with E-state index >= 15 is 0 Å². The first kappa shape index (κ1) is 21.7. The van der Waals surface area contributed by atoms with Crippen LogP contribution in [0.4, 0.5) is 0 Å². The Kier molecular flexibility index (Phi) is 10.1. The van der Waals surface area contributed by atoms with Crippen LogP contribution in [0.25, 0.3) is 11.6 Å². The van der Waals surface area contributed by atoms with Crippen LogP contribution in [0.15, 0.2) is 59.7 Å². The first-order chi connectivity index (χ1) is 12.4. The number of carbonyl (C=O) groups is 1. The highest BCUT2D eigenvalue weighted by Gasteiger charge is 2.01. The summed E-state index contributed by atoms with van der Waals surface area (Å²) in [6, 6.07) is 8.19. The highest BCUT2D eigenvalue weighted by molar-refractivity contribution is 5.90. The van der Waals surface area contributed by atoms with E-state index in [1.165, 1.54) is 11.1 Å². The zero-order valence-corrected chi connectivity index (χ0v) is 16.8. The molecule has 0 radical (unpaired) electrons. The highest BCUT2D eigenvalue weighted by Crippen LogP contribution is 2.16. The quantitative estimate of drug-likeness (QED) is 0.213. The molecule has 2 heteroatoms. The monoisotopic (exact) mass is 352 g/mol. The van der Waals surface area contributed by atoms with Gasteiger partial charge in [-0.05, 0) is 63.7 Å². The molecule has 0 aliphatic rings. The predicted molar refractivity (Wildman–Crippen MR) is 113 cm³/mol. The van der Waals surface area contributed by atoms with Gasteiger partial charge in [0.15, 0.2) is 0 Å². The van der Waals surface area contributed by atoms with E-state index in [-0.39, 0.29) is 5.97 Å². The van der Waals surface area contributed by atoms with Gasteiger partial charge >= 0.3 is 5.97 Å². The molecule has 2 nitrogen and oxygen atoms in total. The lowest BCUT2D eigenvalue weighted by Gasteiger charge is -2.03. The predicted octanol–water partition coefficient (Wildman–Crippen LogP) is 6.75. The van der Waals surface area contributed by atoms with Gasteiger partial charge in [0, 0.05) is 6.08 Å². The van der Waals surface area contributed by atoms with Crippen LogP contribution in [-0.4, -0.2) is 12.6 Å². The minimum Gasteiger partial charge on any atom is -0.463 e. The van der Waals surface area contributed by atoms with E-state index in [2.05, 4.69) is 57.2 Å². The fourth-order valence-corrected chi connectivity index (χ4v) is 2.36. The Hall–Kier alpha value is -2.35. The summed E-state index contributed by atoms with van der Waals surface area (Å²) in [5.41, 5.74) is 5.83. The summed E-state index contributed by atoms with van der Waals surface area (Å²) in [5, 5.41) is 0. The number of hydrogen-bond acceptors (Lipinski definition) is 2. The van der Waals surface area contributed by atoms with Crippen LogP contribution >= 0.6 is 0 Å².